The van der Waals surface area contributed by atoms with Crippen LogP contribution in [0.2, 0.25) is 19.6 Å². The number of hydrogen-bond acceptors (Lipinski definition) is 2. The summed E-state index contributed by atoms with van der Waals surface area (Å²) in [6.07, 6.45) is -5.90. The van der Waals surface area contributed by atoms with Crippen molar-refractivity contribution < 1.29 is 17.6 Å². The third kappa shape index (κ3) is 6.50. The zero-order valence-electron chi connectivity index (χ0n) is 10.6. The summed E-state index contributed by atoms with van der Waals surface area (Å²) in [5.41, 5.74) is 5.59. The summed E-state index contributed by atoms with van der Waals surface area (Å²) in [6, 6.07) is -0.980. The number of hydrogen-bond donors (Lipinski definition) is 1. The van der Waals surface area contributed by atoms with Crippen molar-refractivity contribution >= 4 is 8.32 Å². The quantitative estimate of drug-likeness (QED) is 0.768. The van der Waals surface area contributed by atoms with Crippen molar-refractivity contribution in [2.75, 3.05) is 0 Å². The van der Waals surface area contributed by atoms with Crippen LogP contribution >= 0.6 is 0 Å². The zero-order chi connectivity index (χ0) is 13.1. The molecule has 0 aromatic carbocycles. The Bertz CT molecular complexity index is 213. The monoisotopic (exact) mass is 257 g/mol. The first kappa shape index (κ1) is 15.9. The van der Waals surface area contributed by atoms with Gasteiger partial charge in [-0.2, -0.15) is 13.2 Å². The second-order valence-electron chi connectivity index (χ2n) is 5.49. The van der Waals surface area contributed by atoms with Gasteiger partial charge in [-0.15, -0.1) is 0 Å². The van der Waals surface area contributed by atoms with Crippen LogP contribution in [0, 0.1) is 5.92 Å². The maximum absolute atomic E-state index is 12.8. The molecular weight excluding hydrogens is 235 g/mol. The van der Waals surface area contributed by atoms with Crippen LogP contribution in [-0.4, -0.2) is 26.6 Å². The fourth-order valence-corrected chi connectivity index (χ4v) is 2.52. The van der Waals surface area contributed by atoms with Gasteiger partial charge in [-0.05, 0) is 32.0 Å². The SMILES string of the molecule is CC(C)CC(N)C(O[Si](C)(C)C)C(F)(F)F. The molecule has 0 saturated heterocycles. The van der Waals surface area contributed by atoms with Crippen molar-refractivity contribution in [3.8, 4) is 0 Å². The minimum atomic E-state index is -4.38. The first-order chi connectivity index (χ1) is 6.93. The average molecular weight is 257 g/mol. The van der Waals surface area contributed by atoms with Crippen LogP contribution in [0.5, 0.6) is 0 Å². The van der Waals surface area contributed by atoms with Gasteiger partial charge in [-0.3, -0.25) is 0 Å². The molecule has 0 bridgehead atoms. The first-order valence-corrected chi connectivity index (χ1v) is 8.84. The van der Waals surface area contributed by atoms with Gasteiger partial charge >= 0.3 is 6.18 Å². The molecule has 98 valence electrons. The number of halogens is 3. The van der Waals surface area contributed by atoms with Gasteiger partial charge in [-0.25, -0.2) is 0 Å². The summed E-state index contributed by atoms with van der Waals surface area (Å²) < 4.78 is 43.5. The molecule has 0 aromatic rings. The van der Waals surface area contributed by atoms with E-state index in [1.807, 2.05) is 13.8 Å². The van der Waals surface area contributed by atoms with Gasteiger partial charge in [0.1, 0.15) is 0 Å². The smallest absolute Gasteiger partial charge is 0.405 e. The second-order valence-corrected chi connectivity index (χ2v) is 9.95. The van der Waals surface area contributed by atoms with E-state index in [2.05, 4.69) is 0 Å². The van der Waals surface area contributed by atoms with E-state index in [1.54, 1.807) is 19.6 Å². The molecule has 2 nitrogen and oxygen atoms in total. The molecule has 0 spiro atoms. The van der Waals surface area contributed by atoms with Gasteiger partial charge in [0.2, 0.25) is 0 Å². The van der Waals surface area contributed by atoms with Crippen LogP contribution in [0.4, 0.5) is 13.2 Å². The van der Waals surface area contributed by atoms with E-state index in [0.29, 0.717) is 6.42 Å². The lowest BCUT2D eigenvalue weighted by Gasteiger charge is -2.32. The maximum atomic E-state index is 12.8. The average Bonchev–Trinajstić information content (AvgIpc) is 1.94. The van der Waals surface area contributed by atoms with E-state index in [0.717, 1.165) is 0 Å². The minimum Gasteiger partial charge on any atom is -0.405 e. The van der Waals surface area contributed by atoms with Gasteiger partial charge < -0.3 is 10.2 Å². The Labute approximate surface area is 96.5 Å². The molecule has 0 aliphatic heterocycles. The van der Waals surface area contributed by atoms with Gasteiger partial charge in [0, 0.05) is 6.04 Å². The normalized spacial score (nSPS) is 17.6. The zero-order valence-corrected chi connectivity index (χ0v) is 11.6. The number of alkyl halides is 3. The molecule has 2 unspecified atom stereocenters. The summed E-state index contributed by atoms with van der Waals surface area (Å²) >= 11 is 0. The van der Waals surface area contributed by atoms with E-state index in [-0.39, 0.29) is 5.92 Å². The molecule has 0 fully saturated rings. The van der Waals surface area contributed by atoms with Gasteiger partial charge in [-0.1, -0.05) is 13.8 Å². The van der Waals surface area contributed by atoms with Crippen LogP contribution in [0.3, 0.4) is 0 Å². The highest BCUT2D eigenvalue weighted by atomic mass is 28.4. The van der Waals surface area contributed by atoms with Gasteiger partial charge in [0.05, 0.1) is 0 Å². The van der Waals surface area contributed by atoms with Crippen molar-refractivity contribution in [2.45, 2.75) is 58.2 Å². The maximum Gasteiger partial charge on any atom is 0.414 e. The molecule has 0 aromatic heterocycles. The third-order valence-corrected chi connectivity index (χ3v) is 2.90. The fourth-order valence-electron chi connectivity index (χ4n) is 1.45. The predicted molar refractivity (Wildman–Crippen MR) is 61.7 cm³/mol. The molecule has 0 rings (SSSR count). The van der Waals surface area contributed by atoms with Crippen molar-refractivity contribution in [1.29, 1.82) is 0 Å². The fraction of sp³-hybridized carbons (Fsp3) is 1.00. The van der Waals surface area contributed by atoms with Crippen LogP contribution < -0.4 is 5.73 Å². The van der Waals surface area contributed by atoms with Gasteiger partial charge in [0.25, 0.3) is 0 Å². The highest BCUT2D eigenvalue weighted by Gasteiger charge is 2.46. The Hall–Kier alpha value is -0.0731. The van der Waals surface area contributed by atoms with Crippen molar-refractivity contribution in [2.24, 2.45) is 11.7 Å². The molecular formula is C10H22F3NOSi. The Kier molecular flexibility index (Phi) is 5.48. The van der Waals surface area contributed by atoms with Crippen molar-refractivity contribution in [1.82, 2.24) is 0 Å². The summed E-state index contributed by atoms with van der Waals surface area (Å²) in [7, 11) is -2.24. The minimum absolute atomic E-state index is 0.130. The molecule has 2 atom stereocenters. The van der Waals surface area contributed by atoms with E-state index in [4.69, 9.17) is 10.2 Å². The molecule has 6 heteroatoms. The molecule has 0 aliphatic carbocycles. The summed E-state index contributed by atoms with van der Waals surface area (Å²) in [6.45, 7) is 8.89. The van der Waals surface area contributed by atoms with Crippen LogP contribution in [0.1, 0.15) is 20.3 Å². The van der Waals surface area contributed by atoms with E-state index < -0.39 is 26.6 Å². The third-order valence-electron chi connectivity index (χ3n) is 1.94. The Morgan fingerprint density at radius 3 is 1.88 bits per heavy atom. The molecule has 16 heavy (non-hydrogen) atoms. The van der Waals surface area contributed by atoms with Gasteiger partial charge in [0.15, 0.2) is 14.4 Å². The highest BCUT2D eigenvalue weighted by Crippen LogP contribution is 2.29. The first-order valence-electron chi connectivity index (χ1n) is 5.43. The predicted octanol–water partition coefficient (Wildman–Crippen LogP) is 3.14. The summed E-state index contributed by atoms with van der Waals surface area (Å²) in [5.74, 6) is 0.130. The number of nitrogens with two attached hydrogens (primary N) is 1. The lowest BCUT2D eigenvalue weighted by molar-refractivity contribution is -0.204. The van der Waals surface area contributed by atoms with Crippen LogP contribution in [0.25, 0.3) is 0 Å². The van der Waals surface area contributed by atoms with E-state index in [1.165, 1.54) is 0 Å². The Balaban J connectivity index is 4.68. The molecule has 0 radical (unpaired) electrons. The molecule has 0 amide bonds. The highest BCUT2D eigenvalue weighted by molar-refractivity contribution is 6.69. The molecule has 2 N–H and O–H groups in total. The largest absolute Gasteiger partial charge is 0.414 e. The standard InChI is InChI=1S/C10H22F3NOSi/c1-7(2)6-8(14)9(10(11,12)13)15-16(3,4)5/h7-9H,6,14H2,1-5H3. The van der Waals surface area contributed by atoms with E-state index in [9.17, 15) is 13.2 Å². The molecule has 0 aliphatic rings. The summed E-state index contributed by atoms with van der Waals surface area (Å²) in [5, 5.41) is 0. The van der Waals surface area contributed by atoms with Crippen LogP contribution in [0.15, 0.2) is 0 Å². The lowest BCUT2D eigenvalue weighted by atomic mass is 10.00. The van der Waals surface area contributed by atoms with Crippen molar-refractivity contribution in [3.05, 3.63) is 0 Å². The topological polar surface area (TPSA) is 35.2 Å². The Morgan fingerprint density at radius 1 is 1.19 bits per heavy atom. The molecule has 0 heterocycles. The Morgan fingerprint density at radius 2 is 1.62 bits per heavy atom. The molecule has 0 saturated carbocycles. The summed E-state index contributed by atoms with van der Waals surface area (Å²) in [4.78, 5) is 0. The van der Waals surface area contributed by atoms with Crippen molar-refractivity contribution in [3.63, 3.8) is 0 Å². The number of rotatable bonds is 5. The second kappa shape index (κ2) is 5.51. The lowest BCUT2D eigenvalue weighted by Crippen LogP contribution is -2.51. The van der Waals surface area contributed by atoms with Crippen LogP contribution in [-0.2, 0) is 4.43 Å². The van der Waals surface area contributed by atoms with E-state index >= 15 is 0 Å².